The van der Waals surface area contributed by atoms with Crippen LogP contribution in [0, 0.1) is 5.92 Å². The largest absolute Gasteiger partial charge is 0.444 e. The molecule has 1 saturated heterocycles. The highest BCUT2D eigenvalue weighted by molar-refractivity contribution is 5.95. The fraction of sp³-hybridized carbons (Fsp3) is 0.600. The zero-order valence-corrected chi connectivity index (χ0v) is 16.3. The van der Waals surface area contributed by atoms with Crippen LogP contribution in [0.25, 0.3) is 0 Å². The van der Waals surface area contributed by atoms with Crippen LogP contribution in [0.5, 0.6) is 0 Å². The molecule has 7 nitrogen and oxygen atoms in total. The third kappa shape index (κ3) is 7.66. The molecule has 0 radical (unpaired) electrons. The Morgan fingerprint density at radius 1 is 1.22 bits per heavy atom. The van der Waals surface area contributed by atoms with Gasteiger partial charge in [0.1, 0.15) is 6.61 Å². The molecule has 0 spiro atoms. The van der Waals surface area contributed by atoms with Crippen LogP contribution in [-0.2, 0) is 20.9 Å². The molecule has 2 atom stereocenters. The van der Waals surface area contributed by atoms with Crippen molar-refractivity contribution in [3.05, 3.63) is 35.9 Å². The molecule has 1 aliphatic heterocycles. The molecule has 1 aliphatic rings. The highest BCUT2D eigenvalue weighted by Gasteiger charge is 2.25. The van der Waals surface area contributed by atoms with Crippen molar-refractivity contribution in [1.29, 1.82) is 0 Å². The molecule has 1 aromatic rings. The van der Waals surface area contributed by atoms with E-state index in [0.717, 1.165) is 44.8 Å². The van der Waals surface area contributed by atoms with Gasteiger partial charge in [0.15, 0.2) is 0 Å². The van der Waals surface area contributed by atoms with E-state index in [1.807, 2.05) is 44.2 Å². The Morgan fingerprint density at radius 3 is 2.59 bits per heavy atom. The van der Waals surface area contributed by atoms with Crippen molar-refractivity contribution in [2.75, 3.05) is 39.4 Å². The molecule has 27 heavy (non-hydrogen) atoms. The summed E-state index contributed by atoms with van der Waals surface area (Å²) in [4.78, 5) is 26.8. The number of morpholine rings is 1. The number of amides is 2. The monoisotopic (exact) mass is 377 g/mol. The van der Waals surface area contributed by atoms with E-state index in [0.29, 0.717) is 6.54 Å². The Labute approximate surface area is 161 Å². The first-order chi connectivity index (χ1) is 13.1. The lowest BCUT2D eigenvalue weighted by molar-refractivity contribution is -0.123. The van der Waals surface area contributed by atoms with Crippen molar-refractivity contribution in [2.45, 2.75) is 32.9 Å². The number of nitrogens with zero attached hydrogens (tertiary/aromatic N) is 1. The molecular weight excluding hydrogens is 346 g/mol. The number of hydrogen-bond donors (Lipinski definition) is 2. The third-order valence-corrected chi connectivity index (χ3v) is 4.83. The number of hydrogen-bond acceptors (Lipinski definition) is 6. The summed E-state index contributed by atoms with van der Waals surface area (Å²) in [6, 6.07) is 8.94. The number of carbonyl (C=O) groups excluding carboxylic acids is 2. The summed E-state index contributed by atoms with van der Waals surface area (Å²) in [5.41, 5.74) is 0.877. The molecule has 1 heterocycles. The Hall–Kier alpha value is -1.96. The fourth-order valence-electron chi connectivity index (χ4n) is 2.93. The van der Waals surface area contributed by atoms with E-state index in [1.54, 1.807) is 0 Å². The van der Waals surface area contributed by atoms with Gasteiger partial charge in [-0.15, -0.1) is 0 Å². The molecule has 7 heteroatoms. The van der Waals surface area contributed by atoms with Crippen molar-refractivity contribution in [1.82, 2.24) is 15.5 Å². The van der Waals surface area contributed by atoms with Gasteiger partial charge >= 0.3 is 6.09 Å². The zero-order valence-electron chi connectivity index (χ0n) is 16.3. The number of imide groups is 1. The van der Waals surface area contributed by atoms with Gasteiger partial charge in [-0.2, -0.15) is 0 Å². The highest BCUT2D eigenvalue weighted by atomic mass is 16.5. The van der Waals surface area contributed by atoms with Crippen LogP contribution in [-0.4, -0.2) is 62.3 Å². The van der Waals surface area contributed by atoms with Gasteiger partial charge in [-0.1, -0.05) is 50.6 Å². The number of carbonyl (C=O) groups is 2. The Balaban J connectivity index is 1.77. The smallest absolute Gasteiger partial charge is 0.414 e. The van der Waals surface area contributed by atoms with Gasteiger partial charge in [-0.3, -0.25) is 15.0 Å². The molecule has 1 aromatic carbocycles. The van der Waals surface area contributed by atoms with Gasteiger partial charge in [0.25, 0.3) is 0 Å². The first kappa shape index (κ1) is 21.3. The maximum atomic E-state index is 12.5. The van der Waals surface area contributed by atoms with Crippen molar-refractivity contribution in [3.63, 3.8) is 0 Å². The Morgan fingerprint density at radius 2 is 1.93 bits per heavy atom. The second-order valence-electron chi connectivity index (χ2n) is 6.82. The molecule has 0 unspecified atom stereocenters. The summed E-state index contributed by atoms with van der Waals surface area (Å²) >= 11 is 0. The van der Waals surface area contributed by atoms with Crippen LogP contribution in [0.1, 0.15) is 25.8 Å². The molecule has 0 saturated carbocycles. The molecular formula is C20H31N3O4. The van der Waals surface area contributed by atoms with Crippen molar-refractivity contribution in [2.24, 2.45) is 5.92 Å². The molecule has 2 N–H and O–H groups in total. The van der Waals surface area contributed by atoms with Crippen LogP contribution < -0.4 is 10.6 Å². The number of alkyl carbamates (subject to hydrolysis) is 1. The SMILES string of the molecule is CC[C@H](C)[C@H](NCCN1CCOCC1)C(=O)NC(=O)OCc1ccccc1. The normalized spacial score (nSPS) is 17.1. The number of nitrogens with one attached hydrogen (secondary N) is 2. The fourth-order valence-corrected chi connectivity index (χ4v) is 2.93. The van der Waals surface area contributed by atoms with Crippen molar-refractivity contribution >= 4 is 12.0 Å². The lowest BCUT2D eigenvalue weighted by Gasteiger charge is -2.28. The Kier molecular flexibility index (Phi) is 9.24. The van der Waals surface area contributed by atoms with Gasteiger partial charge in [-0.25, -0.2) is 4.79 Å². The van der Waals surface area contributed by atoms with Crippen molar-refractivity contribution < 1.29 is 19.1 Å². The predicted octanol–water partition coefficient (Wildman–Crippen LogP) is 1.78. The Bertz CT molecular complexity index is 576. The number of benzene rings is 1. The van der Waals surface area contributed by atoms with Crippen LogP contribution in [0.3, 0.4) is 0 Å². The maximum absolute atomic E-state index is 12.5. The first-order valence-electron chi connectivity index (χ1n) is 9.65. The minimum Gasteiger partial charge on any atom is -0.444 e. The van der Waals surface area contributed by atoms with Gasteiger partial charge in [0.2, 0.25) is 5.91 Å². The van der Waals surface area contributed by atoms with Gasteiger partial charge in [0.05, 0.1) is 19.3 Å². The summed E-state index contributed by atoms with van der Waals surface area (Å²) < 4.78 is 10.5. The van der Waals surface area contributed by atoms with Crippen LogP contribution in [0.2, 0.25) is 0 Å². The topological polar surface area (TPSA) is 79.9 Å². The molecule has 2 amide bonds. The lowest BCUT2D eigenvalue weighted by atomic mass is 9.98. The quantitative estimate of drug-likeness (QED) is 0.683. The van der Waals surface area contributed by atoms with Gasteiger partial charge in [-0.05, 0) is 11.5 Å². The summed E-state index contributed by atoms with van der Waals surface area (Å²) in [6.45, 7) is 9.03. The number of rotatable bonds is 9. The third-order valence-electron chi connectivity index (χ3n) is 4.83. The second kappa shape index (κ2) is 11.7. The molecule has 150 valence electrons. The van der Waals surface area contributed by atoms with E-state index in [1.165, 1.54) is 0 Å². The first-order valence-corrected chi connectivity index (χ1v) is 9.65. The van der Waals surface area contributed by atoms with Gasteiger partial charge < -0.3 is 14.8 Å². The van der Waals surface area contributed by atoms with Crippen LogP contribution >= 0.6 is 0 Å². The minimum absolute atomic E-state index is 0.108. The zero-order chi connectivity index (χ0) is 19.5. The van der Waals surface area contributed by atoms with E-state index >= 15 is 0 Å². The lowest BCUT2D eigenvalue weighted by Crippen LogP contribution is -2.51. The summed E-state index contributed by atoms with van der Waals surface area (Å²) in [5, 5.41) is 5.65. The summed E-state index contributed by atoms with van der Waals surface area (Å²) in [6.07, 6.45) is 0.119. The molecule has 0 aliphatic carbocycles. The average molecular weight is 377 g/mol. The summed E-state index contributed by atoms with van der Waals surface area (Å²) in [5.74, 6) is -0.235. The van der Waals surface area contributed by atoms with Crippen LogP contribution in [0.15, 0.2) is 30.3 Å². The average Bonchev–Trinajstić information content (AvgIpc) is 2.70. The van der Waals surface area contributed by atoms with E-state index in [9.17, 15) is 9.59 Å². The molecule has 1 fully saturated rings. The molecule has 0 bridgehead atoms. The van der Waals surface area contributed by atoms with E-state index < -0.39 is 12.1 Å². The van der Waals surface area contributed by atoms with Crippen molar-refractivity contribution in [3.8, 4) is 0 Å². The van der Waals surface area contributed by atoms with Gasteiger partial charge in [0, 0.05) is 26.2 Å². The van der Waals surface area contributed by atoms with E-state index in [2.05, 4.69) is 15.5 Å². The molecule has 0 aromatic heterocycles. The molecule has 2 rings (SSSR count). The second-order valence-corrected chi connectivity index (χ2v) is 6.82. The minimum atomic E-state index is -0.716. The highest BCUT2D eigenvalue weighted by Crippen LogP contribution is 2.08. The standard InChI is InChI=1S/C20H31N3O4/c1-3-16(2)18(21-9-10-23-11-13-26-14-12-23)19(24)22-20(25)27-15-17-7-5-4-6-8-17/h4-8,16,18,21H,3,9-15H2,1-2H3,(H,22,24,25)/t16-,18-/m0/s1. The number of ether oxygens (including phenoxy) is 2. The maximum Gasteiger partial charge on any atom is 0.414 e. The predicted molar refractivity (Wildman–Crippen MR) is 103 cm³/mol. The van der Waals surface area contributed by atoms with Crippen LogP contribution in [0.4, 0.5) is 4.79 Å². The van der Waals surface area contributed by atoms with E-state index in [4.69, 9.17) is 9.47 Å². The van der Waals surface area contributed by atoms with E-state index in [-0.39, 0.29) is 18.4 Å². The summed E-state index contributed by atoms with van der Waals surface area (Å²) in [7, 11) is 0.